The number of nitrogens with one attached hydrogen (secondary N) is 3. The van der Waals surface area contributed by atoms with Crippen molar-refractivity contribution in [2.45, 2.75) is 0 Å². The first-order chi connectivity index (χ1) is 10.6. The van der Waals surface area contributed by atoms with Gasteiger partial charge in [0.1, 0.15) is 0 Å². The van der Waals surface area contributed by atoms with Crippen molar-refractivity contribution < 1.29 is 9.59 Å². The van der Waals surface area contributed by atoms with E-state index in [1.807, 2.05) is 0 Å². The second-order valence-corrected chi connectivity index (χ2v) is 4.83. The molecule has 0 aliphatic carbocycles. The molecule has 1 saturated heterocycles. The molecular formula is C15H14N4O3. The van der Waals surface area contributed by atoms with Gasteiger partial charge in [-0.2, -0.15) is 0 Å². The van der Waals surface area contributed by atoms with Crippen LogP contribution in [0.2, 0.25) is 0 Å². The molecule has 7 heteroatoms. The number of rotatable bonds is 3. The first kappa shape index (κ1) is 13.9. The summed E-state index contributed by atoms with van der Waals surface area (Å²) in [5.41, 5.74) is 1.38. The van der Waals surface area contributed by atoms with Gasteiger partial charge in [0, 0.05) is 36.7 Å². The summed E-state index contributed by atoms with van der Waals surface area (Å²) in [4.78, 5) is 38.8. The highest BCUT2D eigenvalue weighted by molar-refractivity contribution is 6.04. The lowest BCUT2D eigenvalue weighted by molar-refractivity contribution is 0.102. The molecule has 2 aromatic rings. The van der Waals surface area contributed by atoms with Gasteiger partial charge in [-0.15, -0.1) is 0 Å². The van der Waals surface area contributed by atoms with Crippen LogP contribution in [-0.2, 0) is 0 Å². The highest BCUT2D eigenvalue weighted by Gasteiger charge is 2.21. The zero-order valence-electron chi connectivity index (χ0n) is 11.6. The zero-order chi connectivity index (χ0) is 15.5. The van der Waals surface area contributed by atoms with E-state index in [1.54, 1.807) is 29.2 Å². The summed E-state index contributed by atoms with van der Waals surface area (Å²) < 4.78 is 0. The Morgan fingerprint density at radius 2 is 2.05 bits per heavy atom. The van der Waals surface area contributed by atoms with E-state index in [0.29, 0.717) is 30.0 Å². The number of benzene rings is 1. The van der Waals surface area contributed by atoms with E-state index >= 15 is 0 Å². The molecule has 0 radical (unpaired) electrons. The van der Waals surface area contributed by atoms with Crippen molar-refractivity contribution in [1.29, 1.82) is 0 Å². The highest BCUT2D eigenvalue weighted by Crippen LogP contribution is 2.21. The predicted octanol–water partition coefficient (Wildman–Crippen LogP) is 1.16. The summed E-state index contributed by atoms with van der Waals surface area (Å²) in [6.07, 6.45) is 1.36. The van der Waals surface area contributed by atoms with Crippen molar-refractivity contribution in [3.63, 3.8) is 0 Å². The summed E-state index contributed by atoms with van der Waals surface area (Å²) in [6, 6.07) is 9.63. The number of pyridine rings is 1. The van der Waals surface area contributed by atoms with Crippen LogP contribution in [0.1, 0.15) is 10.4 Å². The van der Waals surface area contributed by atoms with Crippen molar-refractivity contribution in [3.05, 3.63) is 58.5 Å². The third-order valence-corrected chi connectivity index (χ3v) is 3.32. The van der Waals surface area contributed by atoms with Crippen LogP contribution in [0.15, 0.2) is 47.4 Å². The molecule has 1 aliphatic heterocycles. The largest absolute Gasteiger partial charge is 0.336 e. The number of urea groups is 1. The van der Waals surface area contributed by atoms with E-state index < -0.39 is 0 Å². The number of carbonyl (C=O) groups excluding carboxylic acids is 2. The third kappa shape index (κ3) is 2.83. The van der Waals surface area contributed by atoms with Gasteiger partial charge in [-0.1, -0.05) is 6.07 Å². The van der Waals surface area contributed by atoms with E-state index in [1.165, 1.54) is 18.3 Å². The lowest BCUT2D eigenvalue weighted by Crippen LogP contribution is -2.27. The van der Waals surface area contributed by atoms with Crippen LogP contribution in [0.4, 0.5) is 16.2 Å². The number of aromatic nitrogens is 1. The van der Waals surface area contributed by atoms with E-state index in [4.69, 9.17) is 0 Å². The molecule has 0 bridgehead atoms. The minimum Gasteiger partial charge on any atom is -0.336 e. The van der Waals surface area contributed by atoms with Crippen molar-refractivity contribution >= 4 is 23.3 Å². The summed E-state index contributed by atoms with van der Waals surface area (Å²) >= 11 is 0. The molecule has 1 aromatic heterocycles. The Balaban J connectivity index is 1.78. The lowest BCUT2D eigenvalue weighted by Gasteiger charge is -2.15. The Morgan fingerprint density at radius 3 is 2.73 bits per heavy atom. The molecule has 0 spiro atoms. The molecule has 7 nitrogen and oxygen atoms in total. The fourth-order valence-electron chi connectivity index (χ4n) is 2.22. The molecule has 0 unspecified atom stereocenters. The summed E-state index contributed by atoms with van der Waals surface area (Å²) in [5, 5.41) is 5.46. The number of hydrogen-bond acceptors (Lipinski definition) is 3. The maximum absolute atomic E-state index is 12.1. The van der Waals surface area contributed by atoms with Crippen LogP contribution in [0.3, 0.4) is 0 Å². The molecule has 3 N–H and O–H groups in total. The molecule has 112 valence electrons. The van der Waals surface area contributed by atoms with Crippen LogP contribution in [0.5, 0.6) is 0 Å². The average Bonchev–Trinajstić information content (AvgIpc) is 2.94. The topological polar surface area (TPSA) is 94.3 Å². The minimum absolute atomic E-state index is 0.149. The predicted molar refractivity (Wildman–Crippen MR) is 82.2 cm³/mol. The van der Waals surface area contributed by atoms with Crippen LogP contribution in [0.25, 0.3) is 0 Å². The van der Waals surface area contributed by atoms with E-state index in [-0.39, 0.29) is 17.5 Å². The number of carbonyl (C=O) groups is 2. The normalized spacial score (nSPS) is 13.8. The summed E-state index contributed by atoms with van der Waals surface area (Å²) in [6.45, 7) is 1.20. The molecule has 3 amide bonds. The van der Waals surface area contributed by atoms with Crippen molar-refractivity contribution in [3.8, 4) is 0 Å². The zero-order valence-corrected chi connectivity index (χ0v) is 11.6. The van der Waals surface area contributed by atoms with Gasteiger partial charge in [0.05, 0.1) is 5.56 Å². The van der Waals surface area contributed by atoms with Gasteiger partial charge in [0.15, 0.2) is 0 Å². The fourth-order valence-corrected chi connectivity index (χ4v) is 2.22. The fraction of sp³-hybridized carbons (Fsp3) is 0.133. The van der Waals surface area contributed by atoms with Gasteiger partial charge in [-0.05, 0) is 24.3 Å². The van der Waals surface area contributed by atoms with Gasteiger partial charge < -0.3 is 15.6 Å². The van der Waals surface area contributed by atoms with E-state index in [9.17, 15) is 14.4 Å². The molecule has 1 fully saturated rings. The molecule has 0 atom stereocenters. The third-order valence-electron chi connectivity index (χ3n) is 3.32. The number of amides is 3. The van der Waals surface area contributed by atoms with Crippen LogP contribution in [0, 0.1) is 0 Å². The standard InChI is InChI=1S/C15H14N4O3/c20-13-5-4-10(9-17-13)14(21)18-11-2-1-3-12(8-11)19-7-6-16-15(19)22/h1-5,8-9H,6-7H2,(H,16,22)(H,17,20)(H,18,21). The lowest BCUT2D eigenvalue weighted by atomic mass is 10.2. The van der Waals surface area contributed by atoms with Gasteiger partial charge in [-0.25, -0.2) is 4.79 Å². The monoisotopic (exact) mass is 298 g/mol. The van der Waals surface area contributed by atoms with Crippen molar-refractivity contribution in [2.24, 2.45) is 0 Å². The Kier molecular flexibility index (Phi) is 3.61. The van der Waals surface area contributed by atoms with E-state index in [0.717, 1.165) is 0 Å². The molecule has 22 heavy (non-hydrogen) atoms. The number of nitrogens with zero attached hydrogens (tertiary/aromatic N) is 1. The van der Waals surface area contributed by atoms with Crippen LogP contribution >= 0.6 is 0 Å². The maximum atomic E-state index is 12.1. The van der Waals surface area contributed by atoms with Crippen LogP contribution in [-0.4, -0.2) is 30.0 Å². The Labute approximate surface area is 126 Å². The first-order valence-corrected chi connectivity index (χ1v) is 6.79. The molecule has 2 heterocycles. The summed E-state index contributed by atoms with van der Waals surface area (Å²) in [5.74, 6) is -0.334. The Hall–Kier alpha value is -3.09. The SMILES string of the molecule is O=C(Nc1cccc(N2CCNC2=O)c1)c1ccc(=O)[nH]c1. The number of aromatic amines is 1. The first-order valence-electron chi connectivity index (χ1n) is 6.79. The Bertz CT molecular complexity index is 764. The molecule has 0 saturated carbocycles. The quantitative estimate of drug-likeness (QED) is 0.793. The summed E-state index contributed by atoms with van der Waals surface area (Å²) in [7, 11) is 0. The molecular weight excluding hydrogens is 284 g/mol. The van der Waals surface area contributed by atoms with Gasteiger partial charge in [0.25, 0.3) is 5.91 Å². The molecule has 3 rings (SSSR count). The second-order valence-electron chi connectivity index (χ2n) is 4.83. The number of hydrogen-bond donors (Lipinski definition) is 3. The van der Waals surface area contributed by atoms with Gasteiger partial charge in [-0.3, -0.25) is 14.5 Å². The average molecular weight is 298 g/mol. The van der Waals surface area contributed by atoms with Gasteiger partial charge in [0.2, 0.25) is 5.56 Å². The van der Waals surface area contributed by atoms with Crippen LogP contribution < -0.4 is 21.1 Å². The van der Waals surface area contributed by atoms with E-state index in [2.05, 4.69) is 15.6 Å². The second kappa shape index (κ2) is 5.72. The number of anilines is 2. The highest BCUT2D eigenvalue weighted by atomic mass is 16.2. The van der Waals surface area contributed by atoms with Crippen molar-refractivity contribution in [2.75, 3.05) is 23.3 Å². The van der Waals surface area contributed by atoms with Gasteiger partial charge >= 0.3 is 6.03 Å². The van der Waals surface area contributed by atoms with Crippen molar-refractivity contribution in [1.82, 2.24) is 10.3 Å². The molecule has 1 aliphatic rings. The Morgan fingerprint density at radius 1 is 1.18 bits per heavy atom. The number of H-pyrrole nitrogens is 1. The molecule has 1 aromatic carbocycles. The maximum Gasteiger partial charge on any atom is 0.321 e. The minimum atomic E-state index is -0.334. The smallest absolute Gasteiger partial charge is 0.321 e.